The van der Waals surface area contributed by atoms with Gasteiger partial charge >= 0.3 is 0 Å². The van der Waals surface area contributed by atoms with Gasteiger partial charge in [-0.05, 0) is 42.7 Å². The number of hydrogen-bond donors (Lipinski definition) is 2. The van der Waals surface area contributed by atoms with Gasteiger partial charge in [0.2, 0.25) is 5.91 Å². The molecule has 0 saturated carbocycles. The van der Waals surface area contributed by atoms with Gasteiger partial charge in [-0.2, -0.15) is 11.8 Å². The Morgan fingerprint density at radius 1 is 1.44 bits per heavy atom. The van der Waals surface area contributed by atoms with Crippen LogP contribution >= 0.6 is 11.8 Å². The van der Waals surface area contributed by atoms with Crippen LogP contribution in [-0.2, 0) is 11.3 Å². The molecule has 0 aliphatic rings. The molecular weight excluding hydrogens is 246 g/mol. The van der Waals surface area contributed by atoms with E-state index < -0.39 is 0 Å². The fourth-order valence-electron chi connectivity index (χ4n) is 1.82. The number of rotatable bonds is 8. The first-order chi connectivity index (χ1) is 8.61. The lowest BCUT2D eigenvalue weighted by atomic mass is 10.2. The smallest absolute Gasteiger partial charge is 0.231 e. The van der Waals surface area contributed by atoms with Crippen LogP contribution in [0, 0.1) is 0 Å². The minimum atomic E-state index is -0.289. The Kier molecular flexibility index (Phi) is 6.60. The fraction of sp³-hybridized carbons (Fsp3) is 0.462. The molecule has 0 bridgehead atoms. The molecule has 0 radical (unpaired) electrons. The van der Waals surface area contributed by atoms with Gasteiger partial charge in [0.05, 0.1) is 6.54 Å². The van der Waals surface area contributed by atoms with Gasteiger partial charge in [0, 0.05) is 12.2 Å². The predicted octanol–water partition coefficient (Wildman–Crippen LogP) is 1.31. The van der Waals surface area contributed by atoms with Gasteiger partial charge in [-0.25, -0.2) is 0 Å². The number of carbonyl (C=O) groups excluding carboxylic acids is 1. The first-order valence-electron chi connectivity index (χ1n) is 5.96. The third kappa shape index (κ3) is 5.93. The molecule has 1 aromatic rings. The molecular formula is C13H21N3OS. The normalized spacial score (nSPS) is 10.8. The van der Waals surface area contributed by atoms with E-state index in [-0.39, 0.29) is 5.91 Å². The second-order valence-corrected chi connectivity index (χ2v) is 5.25. The maximum absolute atomic E-state index is 11.1. The number of nitrogen functional groups attached to an aromatic ring is 1. The van der Waals surface area contributed by atoms with Crippen LogP contribution in [0.3, 0.4) is 0 Å². The SMILES string of the molecule is CSCCCN(CC(N)=O)Cc1cccc(N)c1. The first kappa shape index (κ1) is 14.9. The van der Waals surface area contributed by atoms with Crippen molar-refractivity contribution in [1.29, 1.82) is 0 Å². The van der Waals surface area contributed by atoms with E-state index >= 15 is 0 Å². The minimum Gasteiger partial charge on any atom is -0.399 e. The summed E-state index contributed by atoms with van der Waals surface area (Å²) < 4.78 is 0. The average molecular weight is 267 g/mol. The van der Waals surface area contributed by atoms with Crippen molar-refractivity contribution in [1.82, 2.24) is 4.90 Å². The lowest BCUT2D eigenvalue weighted by molar-refractivity contribution is -0.119. The van der Waals surface area contributed by atoms with Gasteiger partial charge < -0.3 is 11.5 Å². The first-order valence-corrected chi connectivity index (χ1v) is 7.35. The van der Waals surface area contributed by atoms with E-state index in [9.17, 15) is 4.79 Å². The van der Waals surface area contributed by atoms with Gasteiger partial charge in [0.15, 0.2) is 0 Å². The van der Waals surface area contributed by atoms with Crippen molar-refractivity contribution in [3.05, 3.63) is 29.8 Å². The van der Waals surface area contributed by atoms with Crippen LogP contribution in [0.25, 0.3) is 0 Å². The quantitative estimate of drug-likeness (QED) is 0.550. The lowest BCUT2D eigenvalue weighted by Gasteiger charge is -2.20. The molecule has 0 fully saturated rings. The molecule has 100 valence electrons. The summed E-state index contributed by atoms with van der Waals surface area (Å²) in [6.07, 6.45) is 3.13. The largest absolute Gasteiger partial charge is 0.399 e. The van der Waals surface area contributed by atoms with Crippen LogP contribution in [0.4, 0.5) is 5.69 Å². The van der Waals surface area contributed by atoms with Crippen molar-refractivity contribution in [2.45, 2.75) is 13.0 Å². The molecule has 0 heterocycles. The Morgan fingerprint density at radius 3 is 2.83 bits per heavy atom. The standard InChI is InChI=1S/C13H21N3OS/c1-18-7-3-6-16(10-13(15)17)9-11-4-2-5-12(14)8-11/h2,4-5,8H,3,6-7,9-10,14H2,1H3,(H2,15,17). The summed E-state index contributed by atoms with van der Waals surface area (Å²) in [5.74, 6) is 0.801. The summed E-state index contributed by atoms with van der Waals surface area (Å²) in [7, 11) is 0. The fourth-order valence-corrected chi connectivity index (χ4v) is 2.23. The van der Waals surface area contributed by atoms with E-state index in [4.69, 9.17) is 11.5 Å². The van der Waals surface area contributed by atoms with E-state index in [0.29, 0.717) is 13.1 Å². The summed E-state index contributed by atoms with van der Waals surface area (Å²) in [5, 5.41) is 0. The second-order valence-electron chi connectivity index (χ2n) is 4.27. The summed E-state index contributed by atoms with van der Waals surface area (Å²) in [6.45, 7) is 1.88. The molecule has 1 rings (SSSR count). The Labute approximate surface area is 113 Å². The van der Waals surface area contributed by atoms with Crippen LogP contribution in [-0.4, -0.2) is 35.9 Å². The predicted molar refractivity (Wildman–Crippen MR) is 78.3 cm³/mol. The molecule has 1 amide bonds. The second kappa shape index (κ2) is 8.00. The number of benzene rings is 1. The van der Waals surface area contributed by atoms with Crippen molar-refractivity contribution in [2.75, 3.05) is 30.8 Å². The number of amides is 1. The van der Waals surface area contributed by atoms with Crippen LogP contribution < -0.4 is 11.5 Å². The molecule has 0 unspecified atom stereocenters. The maximum Gasteiger partial charge on any atom is 0.231 e. The van der Waals surface area contributed by atoms with Gasteiger partial charge in [-0.15, -0.1) is 0 Å². The molecule has 0 aliphatic heterocycles. The minimum absolute atomic E-state index is 0.289. The highest BCUT2D eigenvalue weighted by Gasteiger charge is 2.08. The number of nitrogens with two attached hydrogens (primary N) is 2. The molecule has 1 aromatic carbocycles. The van der Waals surface area contributed by atoms with E-state index in [2.05, 4.69) is 11.2 Å². The lowest BCUT2D eigenvalue weighted by Crippen LogP contribution is -2.34. The third-order valence-corrected chi connectivity index (χ3v) is 3.26. The highest BCUT2D eigenvalue weighted by Crippen LogP contribution is 2.10. The van der Waals surface area contributed by atoms with Crippen LogP contribution in [0.1, 0.15) is 12.0 Å². The highest BCUT2D eigenvalue weighted by molar-refractivity contribution is 7.98. The van der Waals surface area contributed by atoms with Crippen molar-refractivity contribution >= 4 is 23.4 Å². The molecule has 4 nitrogen and oxygen atoms in total. The number of thioether (sulfide) groups is 1. The molecule has 0 spiro atoms. The monoisotopic (exact) mass is 267 g/mol. The zero-order chi connectivity index (χ0) is 13.4. The number of nitrogens with zero attached hydrogens (tertiary/aromatic N) is 1. The number of primary amides is 1. The van der Waals surface area contributed by atoms with Gasteiger partial charge in [-0.3, -0.25) is 9.69 Å². The number of anilines is 1. The van der Waals surface area contributed by atoms with Gasteiger partial charge in [-0.1, -0.05) is 12.1 Å². The third-order valence-electron chi connectivity index (χ3n) is 2.56. The molecule has 0 aliphatic carbocycles. The van der Waals surface area contributed by atoms with Crippen molar-refractivity contribution in [2.24, 2.45) is 5.73 Å². The van der Waals surface area contributed by atoms with E-state index in [1.165, 1.54) is 0 Å². The van der Waals surface area contributed by atoms with Crippen LogP contribution in [0.15, 0.2) is 24.3 Å². The highest BCUT2D eigenvalue weighted by atomic mass is 32.2. The molecule has 5 heteroatoms. The summed E-state index contributed by atoms with van der Waals surface area (Å²) in [4.78, 5) is 13.1. The Balaban J connectivity index is 2.56. The Morgan fingerprint density at radius 2 is 2.22 bits per heavy atom. The zero-order valence-corrected chi connectivity index (χ0v) is 11.6. The number of hydrogen-bond acceptors (Lipinski definition) is 4. The van der Waals surface area contributed by atoms with Crippen molar-refractivity contribution in [3.63, 3.8) is 0 Å². The molecule has 0 saturated heterocycles. The Hall–Kier alpha value is -1.20. The maximum atomic E-state index is 11.1. The molecule has 18 heavy (non-hydrogen) atoms. The van der Waals surface area contributed by atoms with Crippen LogP contribution in [0.2, 0.25) is 0 Å². The van der Waals surface area contributed by atoms with Crippen LogP contribution in [0.5, 0.6) is 0 Å². The van der Waals surface area contributed by atoms with Gasteiger partial charge in [0.1, 0.15) is 0 Å². The van der Waals surface area contributed by atoms with E-state index in [1.807, 2.05) is 36.0 Å². The number of carbonyl (C=O) groups is 1. The molecule has 0 atom stereocenters. The Bertz CT molecular complexity index is 384. The summed E-state index contributed by atoms with van der Waals surface area (Å²) in [5.41, 5.74) is 12.9. The van der Waals surface area contributed by atoms with E-state index in [1.54, 1.807) is 0 Å². The summed E-state index contributed by atoms with van der Waals surface area (Å²) in [6, 6.07) is 7.73. The zero-order valence-electron chi connectivity index (χ0n) is 10.8. The average Bonchev–Trinajstić information content (AvgIpc) is 2.28. The molecule has 4 N–H and O–H groups in total. The van der Waals surface area contributed by atoms with E-state index in [0.717, 1.165) is 30.0 Å². The van der Waals surface area contributed by atoms with Gasteiger partial charge in [0.25, 0.3) is 0 Å². The topological polar surface area (TPSA) is 72.3 Å². The van der Waals surface area contributed by atoms with Crippen molar-refractivity contribution in [3.8, 4) is 0 Å². The van der Waals surface area contributed by atoms with Crippen molar-refractivity contribution < 1.29 is 4.79 Å². The summed E-state index contributed by atoms with van der Waals surface area (Å²) >= 11 is 1.81. The molecule has 0 aromatic heterocycles.